The quantitative estimate of drug-likeness (QED) is 0.244. The molecule has 2 aliphatic rings. The Morgan fingerprint density at radius 2 is 1.94 bits per heavy atom. The van der Waals surface area contributed by atoms with E-state index < -0.39 is 33.3 Å². The summed E-state index contributed by atoms with van der Waals surface area (Å²) < 4.78 is 14.2. The lowest BCUT2D eigenvalue weighted by atomic mass is 9.94. The summed E-state index contributed by atoms with van der Waals surface area (Å²) in [5.41, 5.74) is 0. The molecule has 1 N–H and O–H groups in total. The third-order valence-electron chi connectivity index (χ3n) is 5.29. The zero-order valence-electron chi connectivity index (χ0n) is 18.6. The molecule has 3 rings (SSSR count). The van der Waals surface area contributed by atoms with Crippen LogP contribution in [0.15, 0.2) is 30.3 Å². The van der Waals surface area contributed by atoms with Crippen molar-refractivity contribution in [2.45, 2.75) is 27.0 Å². The van der Waals surface area contributed by atoms with Gasteiger partial charge in [-0.05, 0) is 12.1 Å². The van der Waals surface area contributed by atoms with E-state index in [1.807, 2.05) is 23.1 Å². The van der Waals surface area contributed by atoms with Gasteiger partial charge in [-0.25, -0.2) is 0 Å². The van der Waals surface area contributed by atoms with Gasteiger partial charge in [-0.1, -0.05) is 53.0 Å². The summed E-state index contributed by atoms with van der Waals surface area (Å²) in [5, 5.41) is 2.97. The van der Waals surface area contributed by atoms with Crippen LogP contribution in [0.3, 0.4) is 0 Å². The molecule has 35 heavy (non-hydrogen) atoms. The molecule has 0 aliphatic carbocycles. The first kappa shape index (κ1) is 28.8. The van der Waals surface area contributed by atoms with Crippen molar-refractivity contribution in [2.75, 3.05) is 37.3 Å². The molecule has 0 aromatic heterocycles. The van der Waals surface area contributed by atoms with Crippen molar-refractivity contribution >= 4 is 87.8 Å². The highest BCUT2D eigenvalue weighted by atomic mass is 35.6. The summed E-state index contributed by atoms with van der Waals surface area (Å²) in [7, 11) is 0. The van der Waals surface area contributed by atoms with Gasteiger partial charge >= 0.3 is 11.9 Å². The number of nitrogens with zero attached hydrogens (tertiary/aromatic N) is 1. The van der Waals surface area contributed by atoms with E-state index in [0.717, 1.165) is 0 Å². The Bertz CT molecular complexity index is 910. The summed E-state index contributed by atoms with van der Waals surface area (Å²) in [5.74, 6) is -0.658. The van der Waals surface area contributed by atoms with Gasteiger partial charge in [-0.3, -0.25) is 19.3 Å². The largest absolute Gasteiger partial charge is 0.484 e. The number of alkyl halides is 4. The highest BCUT2D eigenvalue weighted by molar-refractivity contribution is 8.05. The molecule has 1 aromatic carbocycles. The first-order chi connectivity index (χ1) is 16.5. The van der Waals surface area contributed by atoms with Crippen LogP contribution in [0.2, 0.25) is 0 Å². The molecule has 1 amide bonds. The van der Waals surface area contributed by atoms with Crippen LogP contribution >= 0.6 is 69.9 Å². The van der Waals surface area contributed by atoms with Crippen LogP contribution < -0.4 is 10.1 Å². The first-order valence-corrected chi connectivity index (χ1v) is 14.2. The van der Waals surface area contributed by atoms with Crippen molar-refractivity contribution in [1.29, 1.82) is 0 Å². The number of benzene rings is 1. The second-order valence-electron chi connectivity index (χ2n) is 7.88. The molecule has 2 saturated heterocycles. The molecule has 0 bridgehead atoms. The lowest BCUT2D eigenvalue weighted by molar-refractivity contribution is -0.161. The molecule has 0 saturated carbocycles. The summed E-state index contributed by atoms with van der Waals surface area (Å²) in [6.45, 7) is 1.05. The second-order valence-corrected chi connectivity index (χ2v) is 13.4. The number of nitrogens with one attached hydrogen (secondary N) is 1. The van der Waals surface area contributed by atoms with Crippen LogP contribution in [0.1, 0.15) is 6.92 Å². The maximum atomic E-state index is 13.0. The molecular formula is C21H24Cl4N2O6S2. The van der Waals surface area contributed by atoms with Crippen LogP contribution in [0.25, 0.3) is 0 Å². The van der Waals surface area contributed by atoms with E-state index in [0.29, 0.717) is 18.0 Å². The minimum atomic E-state index is -1.76. The molecule has 0 radical (unpaired) electrons. The standard InChI is InChI=1S/C21H24Cl4N2O6S2/c1-13(28)31-7-14-9-34-19-20(35-12-22,26-16(29)8-32-15-5-3-2-4-6-15)10-27(19)17(14)18(30)33-11-21(23,24)25/h2-6,14,17,19H,7-12H2,1H3,(H,26,29). The van der Waals surface area contributed by atoms with Crippen LogP contribution in [0, 0.1) is 5.92 Å². The number of carbonyl (C=O) groups is 3. The average molecular weight is 606 g/mol. The van der Waals surface area contributed by atoms with Crippen LogP contribution in [-0.2, 0) is 23.9 Å². The highest BCUT2D eigenvalue weighted by Crippen LogP contribution is 2.51. The molecule has 2 aliphatic heterocycles. The topological polar surface area (TPSA) is 94.2 Å². The van der Waals surface area contributed by atoms with Gasteiger partial charge in [0.15, 0.2) is 6.61 Å². The number of halogens is 4. The number of rotatable bonds is 10. The number of thioether (sulfide) groups is 2. The second kappa shape index (κ2) is 12.7. The number of amides is 1. The van der Waals surface area contributed by atoms with Gasteiger partial charge in [0, 0.05) is 25.1 Å². The third kappa shape index (κ3) is 7.87. The molecular weight excluding hydrogens is 582 g/mol. The average Bonchev–Trinajstić information content (AvgIpc) is 2.79. The fraction of sp³-hybridized carbons (Fsp3) is 0.571. The minimum absolute atomic E-state index is 0.0337. The number of carbonyl (C=O) groups excluding carboxylic acids is 3. The molecule has 1 aromatic rings. The van der Waals surface area contributed by atoms with Crippen molar-refractivity contribution in [3.63, 3.8) is 0 Å². The predicted molar refractivity (Wildman–Crippen MR) is 139 cm³/mol. The maximum absolute atomic E-state index is 13.0. The van der Waals surface area contributed by atoms with Gasteiger partial charge in [0.25, 0.3) is 5.91 Å². The molecule has 2 heterocycles. The highest BCUT2D eigenvalue weighted by Gasteiger charge is 2.61. The Balaban J connectivity index is 1.70. The lowest BCUT2D eigenvalue weighted by Gasteiger charge is -2.61. The Morgan fingerprint density at radius 1 is 1.23 bits per heavy atom. The number of hydrogen-bond acceptors (Lipinski definition) is 9. The zero-order chi connectivity index (χ0) is 25.6. The van der Waals surface area contributed by atoms with E-state index >= 15 is 0 Å². The first-order valence-electron chi connectivity index (χ1n) is 10.5. The predicted octanol–water partition coefficient (Wildman–Crippen LogP) is 3.66. The van der Waals surface area contributed by atoms with Crippen molar-refractivity contribution in [3.8, 4) is 5.75 Å². The van der Waals surface area contributed by atoms with Gasteiger partial charge in [0.1, 0.15) is 23.3 Å². The molecule has 2 fully saturated rings. The van der Waals surface area contributed by atoms with Gasteiger partial charge in [0.2, 0.25) is 3.79 Å². The Kier molecular flexibility index (Phi) is 10.4. The third-order valence-corrected chi connectivity index (χ3v) is 8.78. The van der Waals surface area contributed by atoms with E-state index in [1.54, 1.807) is 12.1 Å². The van der Waals surface area contributed by atoms with Crippen molar-refractivity contribution < 1.29 is 28.6 Å². The van der Waals surface area contributed by atoms with Gasteiger partial charge < -0.3 is 19.5 Å². The van der Waals surface area contributed by atoms with E-state index in [2.05, 4.69) is 5.32 Å². The van der Waals surface area contributed by atoms with Crippen LogP contribution in [-0.4, -0.2) is 80.2 Å². The summed E-state index contributed by atoms with van der Waals surface area (Å²) in [4.78, 5) is 38.2. The van der Waals surface area contributed by atoms with Crippen LogP contribution in [0.4, 0.5) is 0 Å². The molecule has 4 atom stereocenters. The number of hydrogen-bond donors (Lipinski definition) is 1. The van der Waals surface area contributed by atoms with Crippen molar-refractivity contribution in [2.24, 2.45) is 5.92 Å². The molecule has 4 unspecified atom stereocenters. The van der Waals surface area contributed by atoms with Crippen molar-refractivity contribution in [3.05, 3.63) is 30.3 Å². The normalized spacial score (nSPS) is 26.1. The zero-order valence-corrected chi connectivity index (χ0v) is 23.2. The summed E-state index contributed by atoms with van der Waals surface area (Å²) >= 11 is 26.2. The fourth-order valence-electron chi connectivity index (χ4n) is 3.86. The molecule has 194 valence electrons. The number of esters is 2. The monoisotopic (exact) mass is 604 g/mol. The van der Waals surface area contributed by atoms with Gasteiger partial charge in [-0.2, -0.15) is 0 Å². The number of para-hydroxylation sites is 1. The SMILES string of the molecule is CC(=O)OCC1CSC2N(CC2(NC(=O)COc2ccccc2)SCCl)C1C(=O)OCC(Cl)(Cl)Cl. The van der Waals surface area contributed by atoms with Gasteiger partial charge in [0.05, 0.1) is 17.2 Å². The summed E-state index contributed by atoms with van der Waals surface area (Å²) in [6, 6.07) is 8.24. The van der Waals surface area contributed by atoms with Crippen molar-refractivity contribution in [1.82, 2.24) is 10.2 Å². The fourth-order valence-corrected chi connectivity index (χ4v) is 7.42. The maximum Gasteiger partial charge on any atom is 0.324 e. The molecule has 14 heteroatoms. The Hall–Kier alpha value is -0.750. The van der Waals surface area contributed by atoms with E-state index in [9.17, 15) is 14.4 Å². The molecule has 0 spiro atoms. The smallest absolute Gasteiger partial charge is 0.324 e. The summed E-state index contributed by atoms with van der Waals surface area (Å²) in [6.07, 6.45) is 0. The van der Waals surface area contributed by atoms with E-state index in [-0.39, 0.29) is 35.6 Å². The Labute approximate surface area is 231 Å². The van der Waals surface area contributed by atoms with E-state index in [4.69, 9.17) is 60.6 Å². The molecule has 8 nitrogen and oxygen atoms in total. The van der Waals surface area contributed by atoms with Crippen LogP contribution in [0.5, 0.6) is 5.75 Å². The van der Waals surface area contributed by atoms with E-state index in [1.165, 1.54) is 30.4 Å². The van der Waals surface area contributed by atoms with Gasteiger partial charge in [-0.15, -0.1) is 35.1 Å². The Morgan fingerprint density at radius 3 is 2.57 bits per heavy atom. The minimum Gasteiger partial charge on any atom is -0.484 e. The lowest BCUT2D eigenvalue weighted by Crippen LogP contribution is -2.79. The number of ether oxygens (including phenoxy) is 3. The number of fused-ring (bicyclic) bond motifs is 1.